The molecule has 0 atom stereocenters. The van der Waals surface area contributed by atoms with E-state index < -0.39 is 5.97 Å². The van der Waals surface area contributed by atoms with E-state index in [1.165, 1.54) is 6.07 Å². The third-order valence-corrected chi connectivity index (χ3v) is 1.82. The second kappa shape index (κ2) is 4.99. The van der Waals surface area contributed by atoms with E-state index in [1.54, 1.807) is 25.1 Å². The van der Waals surface area contributed by atoms with E-state index in [0.29, 0.717) is 12.1 Å². The SMILES string of the molecule is CCC(=O)NNc1ccccc1C(=O)O. The lowest BCUT2D eigenvalue weighted by Gasteiger charge is -2.09. The first-order valence-corrected chi connectivity index (χ1v) is 4.52. The number of hydrogen-bond acceptors (Lipinski definition) is 3. The molecule has 3 N–H and O–H groups in total. The third-order valence-electron chi connectivity index (χ3n) is 1.82. The molecule has 0 unspecified atom stereocenters. The standard InChI is InChI=1S/C10H12N2O3/c1-2-9(13)12-11-8-6-4-3-5-7(8)10(14)15/h3-6,11H,2H2,1H3,(H,12,13)(H,14,15). The van der Waals surface area contributed by atoms with Crippen LogP contribution in [0.25, 0.3) is 0 Å². The van der Waals surface area contributed by atoms with Crippen molar-refractivity contribution in [2.24, 2.45) is 0 Å². The largest absolute Gasteiger partial charge is 0.478 e. The first kappa shape index (κ1) is 11.0. The van der Waals surface area contributed by atoms with Crippen LogP contribution in [0.2, 0.25) is 0 Å². The molecule has 0 aliphatic rings. The molecule has 0 saturated heterocycles. The number of nitrogens with one attached hydrogen (secondary N) is 2. The van der Waals surface area contributed by atoms with Crippen molar-refractivity contribution in [3.8, 4) is 0 Å². The maximum absolute atomic E-state index is 10.9. The summed E-state index contributed by atoms with van der Waals surface area (Å²) in [6.45, 7) is 1.71. The van der Waals surface area contributed by atoms with Gasteiger partial charge in [0.1, 0.15) is 0 Å². The zero-order chi connectivity index (χ0) is 11.3. The topological polar surface area (TPSA) is 78.4 Å². The van der Waals surface area contributed by atoms with Crippen LogP contribution in [-0.2, 0) is 4.79 Å². The van der Waals surface area contributed by atoms with Crippen molar-refractivity contribution in [3.63, 3.8) is 0 Å². The lowest BCUT2D eigenvalue weighted by molar-refractivity contribution is -0.120. The van der Waals surface area contributed by atoms with Gasteiger partial charge < -0.3 is 5.11 Å². The van der Waals surface area contributed by atoms with Gasteiger partial charge in [-0.25, -0.2) is 4.79 Å². The van der Waals surface area contributed by atoms with Gasteiger partial charge in [0.05, 0.1) is 11.3 Å². The molecule has 0 fully saturated rings. The number of hydrazine groups is 1. The summed E-state index contributed by atoms with van der Waals surface area (Å²) in [5.41, 5.74) is 5.44. The number of carboxylic acid groups (broad SMARTS) is 1. The predicted molar refractivity (Wildman–Crippen MR) is 55.5 cm³/mol. The van der Waals surface area contributed by atoms with E-state index >= 15 is 0 Å². The summed E-state index contributed by atoms with van der Waals surface area (Å²) in [5.74, 6) is -1.24. The normalized spacial score (nSPS) is 9.40. The number of anilines is 1. The average Bonchev–Trinajstić information content (AvgIpc) is 2.26. The summed E-state index contributed by atoms with van der Waals surface area (Å²) in [7, 11) is 0. The highest BCUT2D eigenvalue weighted by molar-refractivity contribution is 5.94. The van der Waals surface area contributed by atoms with Crippen molar-refractivity contribution in [2.45, 2.75) is 13.3 Å². The number of amides is 1. The van der Waals surface area contributed by atoms with Gasteiger partial charge in [0, 0.05) is 6.42 Å². The number of rotatable bonds is 4. The van der Waals surface area contributed by atoms with Gasteiger partial charge in [0.25, 0.3) is 0 Å². The van der Waals surface area contributed by atoms with E-state index in [4.69, 9.17) is 5.11 Å². The zero-order valence-corrected chi connectivity index (χ0v) is 8.28. The molecular formula is C10H12N2O3. The molecular weight excluding hydrogens is 196 g/mol. The van der Waals surface area contributed by atoms with Gasteiger partial charge >= 0.3 is 5.97 Å². The first-order valence-electron chi connectivity index (χ1n) is 4.52. The first-order chi connectivity index (χ1) is 7.15. The number of carboxylic acids is 1. The monoisotopic (exact) mass is 208 g/mol. The van der Waals surface area contributed by atoms with E-state index in [1.807, 2.05) is 0 Å². The summed E-state index contributed by atoms with van der Waals surface area (Å²) >= 11 is 0. The fourth-order valence-electron chi connectivity index (χ4n) is 1.00. The van der Waals surface area contributed by atoms with Crippen LogP contribution < -0.4 is 10.9 Å². The van der Waals surface area contributed by atoms with E-state index in [2.05, 4.69) is 10.9 Å². The highest BCUT2D eigenvalue weighted by atomic mass is 16.4. The maximum atomic E-state index is 10.9. The number of para-hydroxylation sites is 1. The van der Waals surface area contributed by atoms with Crippen LogP contribution in [0.1, 0.15) is 23.7 Å². The average molecular weight is 208 g/mol. The molecule has 0 aliphatic heterocycles. The molecule has 15 heavy (non-hydrogen) atoms. The summed E-state index contributed by atoms with van der Waals surface area (Å²) in [6, 6.07) is 6.35. The summed E-state index contributed by atoms with van der Waals surface area (Å²) < 4.78 is 0. The van der Waals surface area contributed by atoms with Crippen LogP contribution in [-0.4, -0.2) is 17.0 Å². The summed E-state index contributed by atoms with van der Waals surface area (Å²) in [5, 5.41) is 8.84. The molecule has 0 aliphatic carbocycles. The summed E-state index contributed by atoms with van der Waals surface area (Å²) in [4.78, 5) is 21.7. The minimum Gasteiger partial charge on any atom is -0.478 e. The lowest BCUT2D eigenvalue weighted by atomic mass is 10.2. The van der Waals surface area contributed by atoms with Crippen molar-refractivity contribution in [2.75, 3.05) is 5.43 Å². The molecule has 5 heteroatoms. The number of hydrogen-bond donors (Lipinski definition) is 3. The van der Waals surface area contributed by atoms with Crippen molar-refractivity contribution < 1.29 is 14.7 Å². The van der Waals surface area contributed by atoms with Gasteiger partial charge in [0.2, 0.25) is 5.91 Å². The Labute approximate surface area is 87.1 Å². The zero-order valence-electron chi connectivity index (χ0n) is 8.28. The van der Waals surface area contributed by atoms with Crippen LogP contribution in [0, 0.1) is 0 Å². The molecule has 5 nitrogen and oxygen atoms in total. The number of carbonyl (C=O) groups excluding carboxylic acids is 1. The molecule has 0 radical (unpaired) electrons. The smallest absolute Gasteiger partial charge is 0.337 e. The fraction of sp³-hybridized carbons (Fsp3) is 0.200. The Morgan fingerprint density at radius 2 is 2.00 bits per heavy atom. The van der Waals surface area contributed by atoms with Gasteiger partial charge in [-0.2, -0.15) is 0 Å². The van der Waals surface area contributed by atoms with Crippen molar-refractivity contribution in [1.82, 2.24) is 5.43 Å². The molecule has 0 aromatic heterocycles. The Balaban J connectivity index is 2.76. The van der Waals surface area contributed by atoms with Crippen LogP contribution in [0.3, 0.4) is 0 Å². The fourth-order valence-corrected chi connectivity index (χ4v) is 1.00. The quantitative estimate of drug-likeness (QED) is 0.650. The van der Waals surface area contributed by atoms with Gasteiger partial charge in [0.15, 0.2) is 0 Å². The Bertz CT molecular complexity index is 377. The Morgan fingerprint density at radius 3 is 2.60 bits per heavy atom. The lowest BCUT2D eigenvalue weighted by Crippen LogP contribution is -2.29. The number of carbonyl (C=O) groups is 2. The van der Waals surface area contributed by atoms with Gasteiger partial charge in [-0.3, -0.25) is 15.6 Å². The second-order valence-corrected chi connectivity index (χ2v) is 2.88. The van der Waals surface area contributed by atoms with Crippen LogP contribution in [0.4, 0.5) is 5.69 Å². The molecule has 0 bridgehead atoms. The molecule has 1 aromatic rings. The molecule has 1 rings (SSSR count). The molecule has 80 valence electrons. The van der Waals surface area contributed by atoms with Gasteiger partial charge in [-0.05, 0) is 12.1 Å². The van der Waals surface area contributed by atoms with Crippen molar-refractivity contribution >= 4 is 17.6 Å². The Hall–Kier alpha value is -2.04. The van der Waals surface area contributed by atoms with Crippen LogP contribution in [0.5, 0.6) is 0 Å². The minimum atomic E-state index is -1.04. The Morgan fingerprint density at radius 1 is 1.33 bits per heavy atom. The number of benzene rings is 1. The van der Waals surface area contributed by atoms with Crippen LogP contribution >= 0.6 is 0 Å². The maximum Gasteiger partial charge on any atom is 0.337 e. The molecule has 1 amide bonds. The summed E-state index contributed by atoms with van der Waals surface area (Å²) in [6.07, 6.45) is 0.336. The van der Waals surface area contributed by atoms with E-state index in [-0.39, 0.29) is 11.5 Å². The highest BCUT2D eigenvalue weighted by Crippen LogP contribution is 2.13. The van der Waals surface area contributed by atoms with E-state index in [0.717, 1.165) is 0 Å². The number of aromatic carboxylic acids is 1. The minimum absolute atomic E-state index is 0.119. The molecule has 0 spiro atoms. The molecule has 1 aromatic carbocycles. The van der Waals surface area contributed by atoms with Crippen molar-refractivity contribution in [1.29, 1.82) is 0 Å². The van der Waals surface area contributed by atoms with E-state index in [9.17, 15) is 9.59 Å². The third kappa shape index (κ3) is 2.98. The van der Waals surface area contributed by atoms with Gasteiger partial charge in [-0.15, -0.1) is 0 Å². The second-order valence-electron chi connectivity index (χ2n) is 2.88. The molecule has 0 heterocycles. The van der Waals surface area contributed by atoms with Crippen LogP contribution in [0.15, 0.2) is 24.3 Å². The Kier molecular flexibility index (Phi) is 3.68. The predicted octanol–water partition coefficient (Wildman–Crippen LogP) is 1.24. The van der Waals surface area contributed by atoms with Gasteiger partial charge in [-0.1, -0.05) is 19.1 Å². The highest BCUT2D eigenvalue weighted by Gasteiger charge is 2.08. The van der Waals surface area contributed by atoms with Crippen molar-refractivity contribution in [3.05, 3.63) is 29.8 Å². The molecule has 0 saturated carbocycles.